The number of carbonyl (C=O) groups is 1. The minimum absolute atomic E-state index is 0.1000. The molecule has 1 amide bonds. The Morgan fingerprint density at radius 3 is 2.38 bits per heavy atom. The fourth-order valence-electron chi connectivity index (χ4n) is 3.73. The molecule has 0 unspecified atom stereocenters. The Balaban J connectivity index is 1.74. The second kappa shape index (κ2) is 9.77. The highest BCUT2D eigenvalue weighted by Gasteiger charge is 2.27. The largest absolute Gasteiger partial charge is 0.355 e. The first-order valence-electron chi connectivity index (χ1n) is 9.57. The third-order valence-electron chi connectivity index (χ3n) is 5.01. The van der Waals surface area contributed by atoms with Gasteiger partial charge in [0, 0.05) is 30.4 Å². The first-order valence-corrected chi connectivity index (χ1v) is 10.8. The number of amides is 1. The number of thioether (sulfide) groups is 1. The molecule has 1 N–H and O–H groups in total. The molecule has 0 atom stereocenters. The minimum atomic E-state index is 0.1000. The van der Waals surface area contributed by atoms with Crippen molar-refractivity contribution in [1.82, 2.24) is 15.1 Å². The van der Waals surface area contributed by atoms with Crippen LogP contribution in [0.4, 0.5) is 0 Å². The van der Waals surface area contributed by atoms with E-state index in [9.17, 15) is 4.79 Å². The monoisotopic (exact) mass is 377 g/mol. The van der Waals surface area contributed by atoms with E-state index in [1.54, 1.807) is 11.8 Å². The van der Waals surface area contributed by atoms with Gasteiger partial charge >= 0.3 is 0 Å². The SMILES string of the molecule is CSc1ccc(CN2CCC(C(=O)NCC(C)(C)CN(C)C)CC2)cc1. The fraction of sp³-hybridized carbons (Fsp3) is 0.667. The molecule has 0 aliphatic carbocycles. The first kappa shape index (κ1) is 21.3. The number of likely N-dealkylation sites (tertiary alicyclic amines) is 1. The van der Waals surface area contributed by atoms with Crippen molar-refractivity contribution in [3.05, 3.63) is 29.8 Å². The molecule has 1 aromatic rings. The summed E-state index contributed by atoms with van der Waals surface area (Å²) < 4.78 is 0. The molecule has 1 fully saturated rings. The second-order valence-corrected chi connectivity index (χ2v) is 9.40. The van der Waals surface area contributed by atoms with E-state index in [-0.39, 0.29) is 17.2 Å². The van der Waals surface area contributed by atoms with Crippen molar-refractivity contribution in [2.24, 2.45) is 11.3 Å². The Morgan fingerprint density at radius 1 is 1.23 bits per heavy atom. The lowest BCUT2D eigenvalue weighted by molar-refractivity contribution is -0.127. The van der Waals surface area contributed by atoms with E-state index in [2.05, 4.69) is 73.6 Å². The van der Waals surface area contributed by atoms with Crippen LogP contribution in [0.1, 0.15) is 32.3 Å². The molecule has 146 valence electrons. The van der Waals surface area contributed by atoms with Crippen LogP contribution >= 0.6 is 11.8 Å². The summed E-state index contributed by atoms with van der Waals surface area (Å²) in [5, 5.41) is 3.19. The maximum Gasteiger partial charge on any atom is 0.223 e. The van der Waals surface area contributed by atoms with Crippen LogP contribution in [0.3, 0.4) is 0 Å². The Hall–Kier alpha value is -1.04. The van der Waals surface area contributed by atoms with Crippen molar-refractivity contribution in [3.63, 3.8) is 0 Å². The summed E-state index contributed by atoms with van der Waals surface area (Å²) in [6.07, 6.45) is 4.03. The maximum absolute atomic E-state index is 12.5. The number of piperidine rings is 1. The van der Waals surface area contributed by atoms with Crippen LogP contribution in [0.2, 0.25) is 0 Å². The highest BCUT2D eigenvalue weighted by molar-refractivity contribution is 7.98. The number of hydrogen-bond donors (Lipinski definition) is 1. The fourth-order valence-corrected chi connectivity index (χ4v) is 4.13. The number of hydrogen-bond acceptors (Lipinski definition) is 4. The molecule has 0 aromatic heterocycles. The van der Waals surface area contributed by atoms with Crippen molar-refractivity contribution >= 4 is 17.7 Å². The van der Waals surface area contributed by atoms with E-state index in [1.165, 1.54) is 10.5 Å². The molecule has 0 bridgehead atoms. The van der Waals surface area contributed by atoms with Crippen LogP contribution in [0.15, 0.2) is 29.2 Å². The van der Waals surface area contributed by atoms with Crippen molar-refractivity contribution < 1.29 is 4.79 Å². The Labute approximate surface area is 163 Å². The van der Waals surface area contributed by atoms with Gasteiger partial charge < -0.3 is 10.2 Å². The van der Waals surface area contributed by atoms with Crippen LogP contribution in [-0.2, 0) is 11.3 Å². The van der Waals surface area contributed by atoms with E-state index in [0.717, 1.165) is 45.6 Å². The van der Waals surface area contributed by atoms with E-state index in [0.29, 0.717) is 0 Å². The Morgan fingerprint density at radius 2 is 1.85 bits per heavy atom. The van der Waals surface area contributed by atoms with Gasteiger partial charge in [-0.15, -0.1) is 11.8 Å². The molecular weight excluding hydrogens is 342 g/mol. The summed E-state index contributed by atoms with van der Waals surface area (Å²) in [7, 11) is 4.15. The van der Waals surface area contributed by atoms with Gasteiger partial charge in [-0.05, 0) is 69.4 Å². The highest BCUT2D eigenvalue weighted by atomic mass is 32.2. The predicted molar refractivity (Wildman–Crippen MR) is 112 cm³/mol. The summed E-state index contributed by atoms with van der Waals surface area (Å²) in [6, 6.07) is 8.82. The smallest absolute Gasteiger partial charge is 0.223 e. The summed E-state index contributed by atoms with van der Waals surface area (Å²) >= 11 is 1.78. The highest BCUT2D eigenvalue weighted by Crippen LogP contribution is 2.21. The van der Waals surface area contributed by atoms with Gasteiger partial charge in [0.2, 0.25) is 5.91 Å². The molecule has 4 nitrogen and oxygen atoms in total. The normalized spacial score (nSPS) is 16.8. The minimum Gasteiger partial charge on any atom is -0.355 e. The summed E-state index contributed by atoms with van der Waals surface area (Å²) in [5.74, 6) is 0.404. The predicted octanol–water partition coefficient (Wildman–Crippen LogP) is 3.32. The average Bonchev–Trinajstić information content (AvgIpc) is 2.60. The number of rotatable bonds is 8. The number of benzene rings is 1. The Bertz CT molecular complexity index is 563. The molecule has 1 aliphatic heterocycles. The summed E-state index contributed by atoms with van der Waals surface area (Å²) in [6.45, 7) is 9.12. The van der Waals surface area contributed by atoms with Gasteiger partial charge in [0.15, 0.2) is 0 Å². The van der Waals surface area contributed by atoms with Gasteiger partial charge in [-0.1, -0.05) is 26.0 Å². The molecule has 0 saturated carbocycles. The van der Waals surface area contributed by atoms with E-state index >= 15 is 0 Å². The number of nitrogens with zero attached hydrogens (tertiary/aromatic N) is 2. The number of carbonyl (C=O) groups excluding carboxylic acids is 1. The zero-order valence-corrected chi connectivity index (χ0v) is 17.9. The van der Waals surface area contributed by atoms with Crippen LogP contribution in [-0.4, -0.2) is 62.2 Å². The summed E-state index contributed by atoms with van der Waals surface area (Å²) in [4.78, 5) is 18.5. The molecule has 2 rings (SSSR count). The van der Waals surface area contributed by atoms with Crippen molar-refractivity contribution in [1.29, 1.82) is 0 Å². The van der Waals surface area contributed by atoms with Crippen molar-refractivity contribution in [2.45, 2.75) is 38.1 Å². The Kier molecular flexibility index (Phi) is 7.99. The van der Waals surface area contributed by atoms with Crippen LogP contribution in [0, 0.1) is 11.3 Å². The van der Waals surface area contributed by atoms with Crippen molar-refractivity contribution in [3.8, 4) is 0 Å². The van der Waals surface area contributed by atoms with Gasteiger partial charge in [0.05, 0.1) is 0 Å². The van der Waals surface area contributed by atoms with E-state index in [1.807, 2.05) is 0 Å². The molecule has 1 heterocycles. The number of nitrogens with one attached hydrogen (secondary N) is 1. The lowest BCUT2D eigenvalue weighted by Crippen LogP contribution is -2.44. The molecule has 5 heteroatoms. The van der Waals surface area contributed by atoms with Crippen molar-refractivity contribution in [2.75, 3.05) is 46.5 Å². The molecule has 0 radical (unpaired) electrons. The van der Waals surface area contributed by atoms with E-state index < -0.39 is 0 Å². The average molecular weight is 378 g/mol. The maximum atomic E-state index is 12.5. The van der Waals surface area contributed by atoms with Crippen LogP contribution in [0.25, 0.3) is 0 Å². The van der Waals surface area contributed by atoms with E-state index in [4.69, 9.17) is 0 Å². The van der Waals surface area contributed by atoms with Gasteiger partial charge in [-0.2, -0.15) is 0 Å². The molecule has 0 spiro atoms. The van der Waals surface area contributed by atoms with Gasteiger partial charge in [0.25, 0.3) is 0 Å². The third-order valence-corrected chi connectivity index (χ3v) is 5.75. The zero-order valence-electron chi connectivity index (χ0n) is 17.0. The quantitative estimate of drug-likeness (QED) is 0.705. The summed E-state index contributed by atoms with van der Waals surface area (Å²) in [5.41, 5.74) is 1.46. The molecule has 26 heavy (non-hydrogen) atoms. The van der Waals surface area contributed by atoms with Gasteiger partial charge in [0.1, 0.15) is 0 Å². The molecular formula is C21H35N3OS. The van der Waals surface area contributed by atoms with Crippen LogP contribution < -0.4 is 5.32 Å². The molecule has 1 aliphatic rings. The standard InChI is InChI=1S/C21H35N3OS/c1-21(2,16-23(3)4)15-22-20(25)18-10-12-24(13-11-18)14-17-6-8-19(26-5)9-7-17/h6-9,18H,10-16H2,1-5H3,(H,22,25). The van der Waals surface area contributed by atoms with Crippen LogP contribution in [0.5, 0.6) is 0 Å². The second-order valence-electron chi connectivity index (χ2n) is 8.52. The zero-order chi connectivity index (χ0) is 19.2. The van der Waals surface area contributed by atoms with Gasteiger partial charge in [-0.3, -0.25) is 9.69 Å². The molecule has 1 aromatic carbocycles. The lowest BCUT2D eigenvalue weighted by Gasteiger charge is -2.33. The first-order chi connectivity index (χ1) is 12.3. The van der Waals surface area contributed by atoms with Gasteiger partial charge in [-0.25, -0.2) is 0 Å². The third kappa shape index (κ3) is 6.93. The molecule has 1 saturated heterocycles. The topological polar surface area (TPSA) is 35.6 Å². The lowest BCUT2D eigenvalue weighted by atomic mass is 9.91.